The molecule has 1 aliphatic rings. The second kappa shape index (κ2) is 2.99. The number of amides is 2. The Labute approximate surface area is 67.7 Å². The summed E-state index contributed by atoms with van der Waals surface area (Å²) in [5.41, 5.74) is 5.20. The van der Waals surface area contributed by atoms with E-state index in [0.717, 1.165) is 0 Å². The molecule has 7 nitrogen and oxygen atoms in total. The zero-order valence-electron chi connectivity index (χ0n) is 6.29. The minimum Gasteiger partial charge on any atom is -0.368 e. The number of nitrogens with zero attached hydrogens (tertiary/aromatic N) is 2. The summed E-state index contributed by atoms with van der Waals surface area (Å²) in [5, 5.41) is 4.32. The Balaban J connectivity index is 2.75. The maximum atomic E-state index is 10.6. The maximum absolute atomic E-state index is 10.6. The first-order valence-corrected chi connectivity index (χ1v) is 3.06. The number of guanidine groups is 2. The predicted octanol–water partition coefficient (Wildman–Crippen LogP) is -2.47. The first-order chi connectivity index (χ1) is 5.63. The summed E-state index contributed by atoms with van der Waals surface area (Å²) in [6, 6.07) is 0. The highest BCUT2D eigenvalue weighted by Gasteiger charge is 2.25. The Morgan fingerprint density at radius 3 is 2.25 bits per heavy atom. The van der Waals surface area contributed by atoms with E-state index in [1.807, 2.05) is 0 Å². The van der Waals surface area contributed by atoms with Gasteiger partial charge in [-0.15, -0.1) is 0 Å². The van der Waals surface area contributed by atoms with E-state index in [2.05, 4.69) is 20.6 Å². The van der Waals surface area contributed by atoms with Crippen LogP contribution < -0.4 is 16.4 Å². The van der Waals surface area contributed by atoms with Gasteiger partial charge >= 0.3 is 11.8 Å². The Kier molecular flexibility index (Phi) is 2.04. The lowest BCUT2D eigenvalue weighted by atomic mass is 10.6. The first-order valence-electron chi connectivity index (χ1n) is 3.06. The fourth-order valence-electron chi connectivity index (χ4n) is 0.580. The Bertz CT molecular complexity index is 274. The van der Waals surface area contributed by atoms with Crippen LogP contribution in [0, 0.1) is 0 Å². The summed E-state index contributed by atoms with van der Waals surface area (Å²) in [5.74, 6) is -1.52. The summed E-state index contributed by atoms with van der Waals surface area (Å²) >= 11 is 0. The fraction of sp³-hybridized carbons (Fsp3) is 0.200. The lowest BCUT2D eigenvalue weighted by molar-refractivity contribution is -0.135. The summed E-state index contributed by atoms with van der Waals surface area (Å²) in [7, 11) is 1.44. The smallest absolute Gasteiger partial charge is 0.316 e. The molecule has 0 atom stereocenters. The van der Waals surface area contributed by atoms with Crippen molar-refractivity contribution in [2.24, 2.45) is 15.7 Å². The fourth-order valence-corrected chi connectivity index (χ4v) is 0.580. The zero-order valence-corrected chi connectivity index (χ0v) is 6.29. The SMILES string of the molecule is CN=C(N)N=C1NC(=O)C(=O)N1. The Morgan fingerprint density at radius 1 is 1.33 bits per heavy atom. The van der Waals surface area contributed by atoms with Crippen LogP contribution in [0.1, 0.15) is 0 Å². The second-order valence-electron chi connectivity index (χ2n) is 1.95. The van der Waals surface area contributed by atoms with Crippen LogP contribution in [0.2, 0.25) is 0 Å². The number of hydrogen-bond acceptors (Lipinski definition) is 3. The molecular weight excluding hydrogens is 162 g/mol. The molecule has 0 aromatic heterocycles. The molecule has 0 unspecified atom stereocenters. The van der Waals surface area contributed by atoms with Crippen LogP contribution in [-0.4, -0.2) is 30.8 Å². The Morgan fingerprint density at radius 2 is 1.83 bits per heavy atom. The van der Waals surface area contributed by atoms with Gasteiger partial charge in [-0.2, -0.15) is 4.99 Å². The lowest BCUT2D eigenvalue weighted by Crippen LogP contribution is -2.28. The van der Waals surface area contributed by atoms with Crippen molar-refractivity contribution in [2.45, 2.75) is 0 Å². The van der Waals surface area contributed by atoms with Gasteiger partial charge in [0.05, 0.1) is 0 Å². The molecule has 1 saturated heterocycles. The van der Waals surface area contributed by atoms with Gasteiger partial charge in [0.25, 0.3) is 0 Å². The van der Waals surface area contributed by atoms with Gasteiger partial charge in [-0.05, 0) is 0 Å². The van der Waals surface area contributed by atoms with E-state index >= 15 is 0 Å². The maximum Gasteiger partial charge on any atom is 0.316 e. The van der Waals surface area contributed by atoms with Crippen LogP contribution >= 0.6 is 0 Å². The van der Waals surface area contributed by atoms with Crippen molar-refractivity contribution in [3.8, 4) is 0 Å². The van der Waals surface area contributed by atoms with Crippen LogP contribution in [-0.2, 0) is 9.59 Å². The van der Waals surface area contributed by atoms with Crippen molar-refractivity contribution >= 4 is 23.7 Å². The molecule has 0 aromatic carbocycles. The molecule has 0 saturated carbocycles. The number of rotatable bonds is 0. The summed E-state index contributed by atoms with van der Waals surface area (Å²) in [6.07, 6.45) is 0. The molecule has 1 aliphatic heterocycles. The summed E-state index contributed by atoms with van der Waals surface area (Å²) < 4.78 is 0. The molecule has 1 rings (SSSR count). The molecule has 0 spiro atoms. The van der Waals surface area contributed by atoms with Crippen molar-refractivity contribution in [1.82, 2.24) is 10.6 Å². The van der Waals surface area contributed by atoms with Gasteiger partial charge in [0.1, 0.15) is 0 Å². The van der Waals surface area contributed by atoms with Gasteiger partial charge in [-0.1, -0.05) is 0 Å². The average molecular weight is 169 g/mol. The van der Waals surface area contributed by atoms with Crippen LogP contribution in [0.5, 0.6) is 0 Å². The zero-order chi connectivity index (χ0) is 9.14. The molecule has 12 heavy (non-hydrogen) atoms. The minimum absolute atomic E-state index is 0.00750. The van der Waals surface area contributed by atoms with Crippen molar-refractivity contribution in [2.75, 3.05) is 7.05 Å². The molecule has 1 fully saturated rings. The van der Waals surface area contributed by atoms with E-state index in [1.165, 1.54) is 7.05 Å². The van der Waals surface area contributed by atoms with Crippen molar-refractivity contribution in [3.63, 3.8) is 0 Å². The number of nitrogens with one attached hydrogen (secondary N) is 2. The number of carbonyl (C=O) groups excluding carboxylic acids is 2. The van der Waals surface area contributed by atoms with Gasteiger partial charge in [-0.3, -0.25) is 25.2 Å². The third-order valence-corrected chi connectivity index (χ3v) is 1.13. The Hall–Kier alpha value is -1.92. The number of hydrogen-bond donors (Lipinski definition) is 3. The van der Waals surface area contributed by atoms with E-state index in [1.54, 1.807) is 0 Å². The standard InChI is InChI=1S/C5H7N5O2/c1-7-4(6)10-5-8-2(11)3(12)9-5/h1H3,(H4,6,7,8,9,10,11,12). The van der Waals surface area contributed by atoms with Crippen molar-refractivity contribution in [1.29, 1.82) is 0 Å². The normalized spacial score (nSPS) is 17.4. The molecular formula is C5H7N5O2. The van der Waals surface area contributed by atoms with E-state index in [-0.39, 0.29) is 11.9 Å². The monoisotopic (exact) mass is 169 g/mol. The molecule has 2 amide bonds. The topological polar surface area (TPSA) is 109 Å². The first kappa shape index (κ1) is 8.18. The average Bonchev–Trinajstić information content (AvgIpc) is 2.31. The largest absolute Gasteiger partial charge is 0.368 e. The molecule has 1 heterocycles. The lowest BCUT2D eigenvalue weighted by Gasteiger charge is -1.93. The third-order valence-electron chi connectivity index (χ3n) is 1.13. The third kappa shape index (κ3) is 1.57. The van der Waals surface area contributed by atoms with Crippen LogP contribution in [0.4, 0.5) is 0 Å². The molecule has 0 aliphatic carbocycles. The summed E-state index contributed by atoms with van der Waals surface area (Å²) in [4.78, 5) is 28.2. The number of carbonyl (C=O) groups is 2. The van der Waals surface area contributed by atoms with E-state index < -0.39 is 11.8 Å². The van der Waals surface area contributed by atoms with Crippen LogP contribution in [0.3, 0.4) is 0 Å². The highest BCUT2D eigenvalue weighted by Crippen LogP contribution is 1.82. The van der Waals surface area contributed by atoms with Gasteiger partial charge in [0.15, 0.2) is 0 Å². The highest BCUT2D eigenvalue weighted by atomic mass is 16.2. The van der Waals surface area contributed by atoms with E-state index in [9.17, 15) is 9.59 Å². The van der Waals surface area contributed by atoms with Crippen LogP contribution in [0.25, 0.3) is 0 Å². The highest BCUT2D eigenvalue weighted by molar-refractivity contribution is 6.45. The van der Waals surface area contributed by atoms with E-state index in [4.69, 9.17) is 5.73 Å². The molecule has 0 bridgehead atoms. The molecule has 0 radical (unpaired) electrons. The van der Waals surface area contributed by atoms with Gasteiger partial charge in [0.2, 0.25) is 11.9 Å². The number of aliphatic imine (C=N–C) groups is 2. The molecule has 64 valence electrons. The van der Waals surface area contributed by atoms with Crippen LogP contribution in [0.15, 0.2) is 9.98 Å². The van der Waals surface area contributed by atoms with Gasteiger partial charge < -0.3 is 5.73 Å². The molecule has 0 aromatic rings. The van der Waals surface area contributed by atoms with Crippen molar-refractivity contribution < 1.29 is 9.59 Å². The number of nitrogens with two attached hydrogens (primary N) is 1. The minimum atomic E-state index is -0.752. The molecule has 4 N–H and O–H groups in total. The van der Waals surface area contributed by atoms with E-state index in [0.29, 0.717) is 0 Å². The quantitative estimate of drug-likeness (QED) is 0.212. The second-order valence-corrected chi connectivity index (χ2v) is 1.95. The van der Waals surface area contributed by atoms with Gasteiger partial charge in [0, 0.05) is 7.05 Å². The van der Waals surface area contributed by atoms with Crippen molar-refractivity contribution in [3.05, 3.63) is 0 Å². The molecule has 7 heteroatoms. The van der Waals surface area contributed by atoms with Gasteiger partial charge in [-0.25, -0.2) is 0 Å². The predicted molar refractivity (Wildman–Crippen MR) is 41.3 cm³/mol. The summed E-state index contributed by atoms with van der Waals surface area (Å²) in [6.45, 7) is 0.